The van der Waals surface area contributed by atoms with E-state index in [-0.39, 0.29) is 17.9 Å². The number of benzene rings is 1. The van der Waals surface area contributed by atoms with Gasteiger partial charge in [0.1, 0.15) is 17.5 Å². The number of amides is 1. The van der Waals surface area contributed by atoms with Crippen LogP contribution in [0, 0.1) is 0 Å². The van der Waals surface area contributed by atoms with E-state index < -0.39 is 5.97 Å². The lowest BCUT2D eigenvalue weighted by molar-refractivity contribution is -0.115. The Morgan fingerprint density at radius 2 is 1.76 bits per heavy atom. The van der Waals surface area contributed by atoms with Crippen LogP contribution in [0.25, 0.3) is 11.3 Å². The molecule has 192 valence electrons. The molecule has 0 bridgehead atoms. The van der Waals surface area contributed by atoms with Crippen LogP contribution in [0.3, 0.4) is 0 Å². The number of aromatic nitrogens is 4. The van der Waals surface area contributed by atoms with Gasteiger partial charge in [0.2, 0.25) is 5.91 Å². The number of carbonyl (C=O) groups excluding carboxylic acids is 1. The fourth-order valence-electron chi connectivity index (χ4n) is 4.12. The SMILES string of the molecule is O=C(Cc1ccc(C(=O)O)cc1)Nc1ccc(Nc2cnccn2)nc1-c1ccnc(N2CCNCC2)c1. The summed E-state index contributed by atoms with van der Waals surface area (Å²) in [7, 11) is 0. The Morgan fingerprint density at radius 3 is 2.50 bits per heavy atom. The summed E-state index contributed by atoms with van der Waals surface area (Å²) >= 11 is 0. The van der Waals surface area contributed by atoms with E-state index in [1.165, 1.54) is 12.1 Å². The molecule has 1 amide bonds. The third-order valence-corrected chi connectivity index (χ3v) is 6.01. The van der Waals surface area contributed by atoms with Crippen molar-refractivity contribution in [3.63, 3.8) is 0 Å². The van der Waals surface area contributed by atoms with Crippen molar-refractivity contribution in [2.45, 2.75) is 6.42 Å². The van der Waals surface area contributed by atoms with Crippen molar-refractivity contribution >= 4 is 35.0 Å². The molecule has 38 heavy (non-hydrogen) atoms. The highest BCUT2D eigenvalue weighted by Gasteiger charge is 2.16. The third-order valence-electron chi connectivity index (χ3n) is 6.01. The van der Waals surface area contributed by atoms with Crippen molar-refractivity contribution in [2.75, 3.05) is 41.7 Å². The zero-order valence-electron chi connectivity index (χ0n) is 20.5. The lowest BCUT2D eigenvalue weighted by atomic mass is 10.1. The molecule has 5 rings (SSSR count). The van der Waals surface area contributed by atoms with Crippen LogP contribution in [-0.2, 0) is 11.2 Å². The van der Waals surface area contributed by atoms with Crippen LogP contribution in [0.1, 0.15) is 15.9 Å². The number of anilines is 4. The first-order chi connectivity index (χ1) is 18.5. The van der Waals surface area contributed by atoms with Crippen molar-refractivity contribution in [1.82, 2.24) is 25.3 Å². The van der Waals surface area contributed by atoms with Crippen LogP contribution in [0.5, 0.6) is 0 Å². The minimum absolute atomic E-state index is 0.0846. The molecular formula is C27H26N8O3. The second kappa shape index (κ2) is 11.4. The predicted octanol–water partition coefficient (Wildman–Crippen LogP) is 2.97. The van der Waals surface area contributed by atoms with Gasteiger partial charge in [-0.1, -0.05) is 12.1 Å². The first-order valence-corrected chi connectivity index (χ1v) is 12.1. The molecule has 0 atom stereocenters. The number of hydrogen-bond acceptors (Lipinski definition) is 9. The summed E-state index contributed by atoms with van der Waals surface area (Å²) in [6, 6.07) is 13.6. The van der Waals surface area contributed by atoms with E-state index in [0.717, 1.165) is 37.6 Å². The normalized spacial score (nSPS) is 13.1. The van der Waals surface area contributed by atoms with Crippen molar-refractivity contribution in [3.8, 4) is 11.3 Å². The van der Waals surface area contributed by atoms with Gasteiger partial charge in [-0.25, -0.2) is 19.7 Å². The van der Waals surface area contributed by atoms with Gasteiger partial charge in [-0.2, -0.15) is 0 Å². The fourth-order valence-corrected chi connectivity index (χ4v) is 4.12. The summed E-state index contributed by atoms with van der Waals surface area (Å²) in [5, 5.41) is 18.6. The summed E-state index contributed by atoms with van der Waals surface area (Å²) in [4.78, 5) is 43.9. The number of pyridine rings is 2. The van der Waals surface area contributed by atoms with Crippen LogP contribution < -0.4 is 20.9 Å². The molecule has 1 aliphatic rings. The molecule has 0 spiro atoms. The first kappa shape index (κ1) is 24.8. The number of nitrogens with one attached hydrogen (secondary N) is 3. The highest BCUT2D eigenvalue weighted by Crippen LogP contribution is 2.30. The Balaban J connectivity index is 1.43. The predicted molar refractivity (Wildman–Crippen MR) is 144 cm³/mol. The molecule has 1 fully saturated rings. The summed E-state index contributed by atoms with van der Waals surface area (Å²) < 4.78 is 0. The molecule has 4 N–H and O–H groups in total. The second-order valence-corrected chi connectivity index (χ2v) is 8.68. The molecule has 1 aliphatic heterocycles. The zero-order chi connectivity index (χ0) is 26.3. The van der Waals surface area contributed by atoms with E-state index in [0.29, 0.717) is 28.6 Å². The minimum Gasteiger partial charge on any atom is -0.478 e. The van der Waals surface area contributed by atoms with Gasteiger partial charge in [0, 0.05) is 50.3 Å². The Morgan fingerprint density at radius 1 is 0.947 bits per heavy atom. The van der Waals surface area contributed by atoms with Gasteiger partial charge < -0.3 is 26.0 Å². The molecule has 0 saturated carbocycles. The van der Waals surface area contributed by atoms with Crippen LogP contribution in [0.15, 0.2) is 73.3 Å². The highest BCUT2D eigenvalue weighted by atomic mass is 16.4. The molecule has 11 heteroatoms. The van der Waals surface area contributed by atoms with Gasteiger partial charge in [0.05, 0.1) is 29.6 Å². The number of carboxylic acids is 1. The molecule has 1 saturated heterocycles. The number of aromatic carboxylic acids is 1. The Bertz CT molecular complexity index is 1420. The highest BCUT2D eigenvalue weighted by molar-refractivity contribution is 5.96. The molecule has 0 radical (unpaired) electrons. The van der Waals surface area contributed by atoms with Crippen molar-refractivity contribution in [1.29, 1.82) is 0 Å². The lowest BCUT2D eigenvalue weighted by Gasteiger charge is -2.28. The number of hydrogen-bond donors (Lipinski definition) is 4. The standard InChI is InChI=1S/C27H26N8O3/c36-25(15-18-1-3-19(4-2-18)27(37)38)32-21-5-6-22(33-23-17-29-9-10-30-23)34-26(21)20-7-8-31-24(16-20)35-13-11-28-12-14-35/h1-10,16-17,28H,11-15H2,(H,32,36)(H,37,38)(H,30,33,34). The van der Waals surface area contributed by atoms with Gasteiger partial charge in [-0.05, 0) is 42.0 Å². The average molecular weight is 511 g/mol. The topological polar surface area (TPSA) is 145 Å². The summed E-state index contributed by atoms with van der Waals surface area (Å²) in [5.41, 5.74) is 2.79. The smallest absolute Gasteiger partial charge is 0.335 e. The molecule has 4 heterocycles. The molecule has 4 aromatic rings. The second-order valence-electron chi connectivity index (χ2n) is 8.68. The van der Waals surface area contributed by atoms with Crippen LogP contribution in [-0.4, -0.2) is 63.1 Å². The number of piperazine rings is 1. The molecule has 0 aliphatic carbocycles. The van der Waals surface area contributed by atoms with Gasteiger partial charge in [0.15, 0.2) is 0 Å². The van der Waals surface area contributed by atoms with Crippen LogP contribution in [0.4, 0.5) is 23.1 Å². The Kier molecular flexibility index (Phi) is 7.46. The summed E-state index contributed by atoms with van der Waals surface area (Å²) in [6.07, 6.45) is 6.60. The monoisotopic (exact) mass is 510 g/mol. The molecule has 1 aromatic carbocycles. The van der Waals surface area contributed by atoms with Crippen molar-refractivity contribution in [3.05, 3.63) is 84.4 Å². The number of rotatable bonds is 8. The molecule has 11 nitrogen and oxygen atoms in total. The molecule has 0 unspecified atom stereocenters. The third kappa shape index (κ3) is 6.08. The van der Waals surface area contributed by atoms with E-state index in [1.54, 1.807) is 49.1 Å². The average Bonchev–Trinajstić information content (AvgIpc) is 2.95. The lowest BCUT2D eigenvalue weighted by Crippen LogP contribution is -2.43. The van der Waals surface area contributed by atoms with Gasteiger partial charge in [0.25, 0.3) is 0 Å². The van der Waals surface area contributed by atoms with E-state index in [2.05, 4.69) is 35.8 Å². The quantitative estimate of drug-likeness (QED) is 0.279. The fraction of sp³-hybridized carbons (Fsp3) is 0.185. The Labute approximate surface area is 219 Å². The van der Waals surface area contributed by atoms with E-state index >= 15 is 0 Å². The largest absolute Gasteiger partial charge is 0.478 e. The molecule has 3 aromatic heterocycles. The summed E-state index contributed by atoms with van der Waals surface area (Å²) in [5.74, 6) is 0.674. The maximum absolute atomic E-state index is 13.0. The maximum atomic E-state index is 13.0. The van der Waals surface area contributed by atoms with Gasteiger partial charge in [-0.15, -0.1) is 0 Å². The van der Waals surface area contributed by atoms with Crippen molar-refractivity contribution < 1.29 is 14.7 Å². The minimum atomic E-state index is -1.01. The first-order valence-electron chi connectivity index (χ1n) is 12.1. The van der Waals surface area contributed by atoms with Crippen LogP contribution in [0.2, 0.25) is 0 Å². The van der Waals surface area contributed by atoms with Gasteiger partial charge >= 0.3 is 5.97 Å². The number of carbonyl (C=O) groups is 2. The zero-order valence-corrected chi connectivity index (χ0v) is 20.5. The van der Waals surface area contributed by atoms with Gasteiger partial charge in [-0.3, -0.25) is 9.78 Å². The van der Waals surface area contributed by atoms with Crippen LogP contribution >= 0.6 is 0 Å². The van der Waals surface area contributed by atoms with Crippen molar-refractivity contribution in [2.24, 2.45) is 0 Å². The van der Waals surface area contributed by atoms with E-state index in [9.17, 15) is 9.59 Å². The molecular weight excluding hydrogens is 484 g/mol. The Hall–Kier alpha value is -4.90. The maximum Gasteiger partial charge on any atom is 0.335 e. The summed E-state index contributed by atoms with van der Waals surface area (Å²) in [6.45, 7) is 3.47. The number of carboxylic acid groups (broad SMARTS) is 1. The van der Waals surface area contributed by atoms with E-state index in [4.69, 9.17) is 10.1 Å². The number of nitrogens with zero attached hydrogens (tertiary/aromatic N) is 5. The van der Waals surface area contributed by atoms with E-state index in [1.807, 2.05) is 12.1 Å².